The molecule has 0 aromatic heterocycles. The van der Waals surface area contributed by atoms with Gasteiger partial charge in [0.1, 0.15) is 6.61 Å². The van der Waals surface area contributed by atoms with E-state index in [1.807, 2.05) is 36.4 Å². The highest BCUT2D eigenvalue weighted by molar-refractivity contribution is 9.10. The van der Waals surface area contributed by atoms with Crippen LogP contribution in [-0.4, -0.2) is 30.1 Å². The van der Waals surface area contributed by atoms with E-state index in [0.29, 0.717) is 28.1 Å². The number of hydrogen-bond acceptors (Lipinski definition) is 5. The molecule has 2 aromatic rings. The van der Waals surface area contributed by atoms with Crippen molar-refractivity contribution in [2.24, 2.45) is 28.8 Å². The van der Waals surface area contributed by atoms with Crippen molar-refractivity contribution in [3.63, 3.8) is 0 Å². The first kappa shape index (κ1) is 20.9. The lowest BCUT2D eigenvalue weighted by molar-refractivity contribution is -0.140. The number of allylic oxidation sites excluding steroid dienone is 2. The van der Waals surface area contributed by atoms with Crippen molar-refractivity contribution in [3.05, 3.63) is 70.2 Å². The smallest absolute Gasteiger partial charge is 0.254 e. The van der Waals surface area contributed by atoms with E-state index < -0.39 is 0 Å². The third-order valence-electron chi connectivity index (χ3n) is 6.54. The van der Waals surface area contributed by atoms with Crippen LogP contribution in [0.25, 0.3) is 0 Å². The van der Waals surface area contributed by atoms with E-state index in [-0.39, 0.29) is 35.5 Å². The van der Waals surface area contributed by atoms with Crippen molar-refractivity contribution in [3.8, 4) is 11.5 Å². The van der Waals surface area contributed by atoms with Gasteiger partial charge in [0.15, 0.2) is 11.5 Å². The molecule has 6 rings (SSSR count). The Morgan fingerprint density at radius 3 is 2.31 bits per heavy atom. The van der Waals surface area contributed by atoms with E-state index in [0.717, 1.165) is 23.4 Å². The van der Waals surface area contributed by atoms with Crippen LogP contribution in [0.15, 0.2) is 64.2 Å². The van der Waals surface area contributed by atoms with E-state index in [1.165, 1.54) is 6.21 Å². The second-order valence-electron chi connectivity index (χ2n) is 8.38. The maximum Gasteiger partial charge on any atom is 0.254 e. The molecule has 2 bridgehead atoms. The molecule has 7 heteroatoms. The maximum absolute atomic E-state index is 12.9. The van der Waals surface area contributed by atoms with Crippen LogP contribution < -0.4 is 9.47 Å². The Bertz CT molecular complexity index is 1080. The molecule has 1 heterocycles. The topological polar surface area (TPSA) is 68.2 Å². The second-order valence-corrected chi connectivity index (χ2v) is 9.24. The summed E-state index contributed by atoms with van der Waals surface area (Å²) in [5, 5.41) is 5.34. The molecule has 3 aliphatic carbocycles. The SMILES string of the molecule is COc1cc(/C=N\N2C(=O)[C@@H]3[C@@H](C2=O)[C@H]2C=C[C@@H]3CC2)cc(Br)c1OCc1ccccc1. The minimum Gasteiger partial charge on any atom is -0.493 e. The van der Waals surface area contributed by atoms with Crippen LogP contribution >= 0.6 is 15.9 Å². The highest BCUT2D eigenvalue weighted by atomic mass is 79.9. The molecular formula is C25H23BrN2O4. The van der Waals surface area contributed by atoms with Crippen molar-refractivity contribution in [2.75, 3.05) is 7.11 Å². The minimum absolute atomic E-state index is 0.150. The number of carbonyl (C=O) groups is 2. The zero-order chi connectivity index (χ0) is 22.2. The molecule has 4 atom stereocenters. The van der Waals surface area contributed by atoms with Gasteiger partial charge < -0.3 is 9.47 Å². The van der Waals surface area contributed by atoms with Crippen molar-refractivity contribution in [1.82, 2.24) is 5.01 Å². The molecular weight excluding hydrogens is 472 g/mol. The van der Waals surface area contributed by atoms with Gasteiger partial charge in [0, 0.05) is 0 Å². The van der Waals surface area contributed by atoms with Gasteiger partial charge in [-0.15, -0.1) is 0 Å². The fourth-order valence-electron chi connectivity index (χ4n) is 4.98. The molecule has 6 nitrogen and oxygen atoms in total. The van der Waals surface area contributed by atoms with E-state index in [1.54, 1.807) is 13.2 Å². The third kappa shape index (κ3) is 3.64. The summed E-state index contributed by atoms with van der Waals surface area (Å²) < 4.78 is 12.2. The van der Waals surface area contributed by atoms with Crippen molar-refractivity contribution in [1.29, 1.82) is 0 Å². The quantitative estimate of drug-likeness (QED) is 0.335. The Labute approximate surface area is 195 Å². The Balaban J connectivity index is 1.35. The van der Waals surface area contributed by atoms with Gasteiger partial charge in [0.2, 0.25) is 0 Å². The molecule has 0 radical (unpaired) electrons. The number of ether oxygens (including phenoxy) is 2. The number of benzene rings is 2. The van der Waals surface area contributed by atoms with E-state index in [2.05, 4.69) is 33.2 Å². The Hall–Kier alpha value is -2.93. The lowest BCUT2D eigenvalue weighted by Gasteiger charge is -2.37. The zero-order valence-corrected chi connectivity index (χ0v) is 19.2. The standard InChI is InChI=1S/C25H23BrN2O4/c1-31-20-12-16(11-19(26)23(20)32-14-15-5-3-2-4-6-15)13-27-28-24(29)21-17-7-8-18(10-9-17)22(21)25(28)30/h2-8,11-13,17-18,21-22H,9-10,14H2,1H3/b27-13-/t17-,18+,21-,22-/m0/s1. The predicted octanol–water partition coefficient (Wildman–Crippen LogP) is 4.57. The first-order chi connectivity index (χ1) is 15.6. The summed E-state index contributed by atoms with van der Waals surface area (Å²) in [4.78, 5) is 25.9. The predicted molar refractivity (Wildman–Crippen MR) is 123 cm³/mol. The number of imide groups is 1. The number of rotatable bonds is 6. The Morgan fingerprint density at radius 1 is 1.06 bits per heavy atom. The van der Waals surface area contributed by atoms with Crippen molar-refractivity contribution < 1.29 is 19.1 Å². The summed E-state index contributed by atoms with van der Waals surface area (Å²) in [6.07, 6.45) is 7.66. The van der Waals surface area contributed by atoms with E-state index >= 15 is 0 Å². The number of nitrogens with zero attached hydrogens (tertiary/aromatic N) is 2. The van der Waals surface area contributed by atoms with Crippen LogP contribution in [0.4, 0.5) is 0 Å². The Kier molecular flexibility index (Phi) is 5.59. The summed E-state index contributed by atoms with van der Waals surface area (Å²) in [5.74, 6) is 0.501. The van der Waals surface area contributed by atoms with Gasteiger partial charge in [-0.05, 0) is 63.9 Å². The van der Waals surface area contributed by atoms with Gasteiger partial charge in [0.05, 0.1) is 29.6 Å². The number of hydrogen-bond donors (Lipinski definition) is 0. The first-order valence-corrected chi connectivity index (χ1v) is 11.5. The fraction of sp³-hybridized carbons (Fsp3) is 0.320. The molecule has 32 heavy (non-hydrogen) atoms. The highest BCUT2D eigenvalue weighted by Crippen LogP contribution is 2.49. The van der Waals surface area contributed by atoms with Gasteiger partial charge in [-0.3, -0.25) is 9.59 Å². The summed E-state index contributed by atoms with van der Waals surface area (Å²) in [6.45, 7) is 0.402. The molecule has 0 spiro atoms. The second kappa shape index (κ2) is 8.54. The lowest BCUT2D eigenvalue weighted by Crippen LogP contribution is -2.38. The number of fused-ring (bicyclic) bond motifs is 1. The Morgan fingerprint density at radius 2 is 1.72 bits per heavy atom. The molecule has 0 unspecified atom stereocenters. The van der Waals surface area contributed by atoms with E-state index in [9.17, 15) is 9.59 Å². The molecule has 4 aliphatic rings. The average Bonchev–Trinajstić information content (AvgIpc) is 3.10. The van der Waals surface area contributed by atoms with Crippen LogP contribution in [0, 0.1) is 23.7 Å². The highest BCUT2D eigenvalue weighted by Gasteiger charge is 2.56. The molecule has 1 saturated heterocycles. The van der Waals surface area contributed by atoms with Crippen molar-refractivity contribution in [2.45, 2.75) is 19.4 Å². The summed E-state index contributed by atoms with van der Waals surface area (Å²) >= 11 is 3.54. The van der Waals surface area contributed by atoms with Crippen LogP contribution in [0.5, 0.6) is 11.5 Å². The monoisotopic (exact) mass is 494 g/mol. The summed E-state index contributed by atoms with van der Waals surface area (Å²) in [6, 6.07) is 13.5. The van der Waals surface area contributed by atoms with Gasteiger partial charge in [-0.1, -0.05) is 42.5 Å². The molecule has 2 aromatic carbocycles. The number of carbonyl (C=O) groups excluding carboxylic acids is 2. The average molecular weight is 495 g/mol. The van der Waals surface area contributed by atoms with Crippen LogP contribution in [0.1, 0.15) is 24.0 Å². The number of amides is 2. The molecule has 2 amide bonds. The van der Waals surface area contributed by atoms with Crippen LogP contribution in [0.2, 0.25) is 0 Å². The maximum atomic E-state index is 12.9. The largest absolute Gasteiger partial charge is 0.493 e. The molecule has 164 valence electrons. The molecule has 0 N–H and O–H groups in total. The minimum atomic E-state index is -0.265. The van der Waals surface area contributed by atoms with Gasteiger partial charge in [0.25, 0.3) is 11.8 Å². The number of hydrazone groups is 1. The normalized spacial score (nSPS) is 26.1. The van der Waals surface area contributed by atoms with Gasteiger partial charge >= 0.3 is 0 Å². The van der Waals surface area contributed by atoms with Crippen LogP contribution in [-0.2, 0) is 16.2 Å². The zero-order valence-electron chi connectivity index (χ0n) is 17.6. The van der Waals surface area contributed by atoms with Gasteiger partial charge in [-0.25, -0.2) is 0 Å². The van der Waals surface area contributed by atoms with Crippen molar-refractivity contribution >= 4 is 34.0 Å². The molecule has 1 aliphatic heterocycles. The third-order valence-corrected chi connectivity index (χ3v) is 7.13. The summed E-state index contributed by atoms with van der Waals surface area (Å²) in [5.41, 5.74) is 1.74. The van der Waals surface area contributed by atoms with Crippen LogP contribution in [0.3, 0.4) is 0 Å². The fourth-order valence-corrected chi connectivity index (χ4v) is 5.55. The molecule has 2 fully saturated rings. The number of methoxy groups -OCH3 is 1. The van der Waals surface area contributed by atoms with E-state index in [4.69, 9.17) is 9.47 Å². The molecule has 1 saturated carbocycles. The lowest BCUT2D eigenvalue weighted by atomic mass is 9.63. The van der Waals surface area contributed by atoms with Gasteiger partial charge in [-0.2, -0.15) is 10.1 Å². The summed E-state index contributed by atoms with van der Waals surface area (Å²) in [7, 11) is 1.57. The first-order valence-electron chi connectivity index (χ1n) is 10.7. The number of halogens is 1.